The van der Waals surface area contributed by atoms with Gasteiger partial charge in [0.25, 0.3) is 5.56 Å². The maximum atomic E-state index is 12.6. The highest BCUT2D eigenvalue weighted by atomic mass is 16.3. The van der Waals surface area contributed by atoms with E-state index >= 15 is 0 Å². The first-order chi connectivity index (χ1) is 14.5. The normalized spacial score (nSPS) is 11.1. The van der Waals surface area contributed by atoms with Crippen molar-refractivity contribution in [3.05, 3.63) is 64.6 Å². The summed E-state index contributed by atoms with van der Waals surface area (Å²) in [5.74, 6) is 0.809. The molecule has 0 spiro atoms. The van der Waals surface area contributed by atoms with Gasteiger partial charge >= 0.3 is 0 Å². The summed E-state index contributed by atoms with van der Waals surface area (Å²) >= 11 is 0. The number of benzene rings is 2. The molecule has 0 unspecified atom stereocenters. The van der Waals surface area contributed by atoms with Crippen LogP contribution in [0.15, 0.2) is 53.5 Å². The first kappa shape index (κ1) is 19.5. The zero-order valence-corrected chi connectivity index (χ0v) is 16.6. The number of aromatic amines is 2. The number of anilines is 1. The fourth-order valence-corrected chi connectivity index (χ4v) is 3.51. The third-order valence-corrected chi connectivity index (χ3v) is 5.18. The van der Waals surface area contributed by atoms with Crippen LogP contribution in [0.4, 0.5) is 5.82 Å². The molecule has 0 aliphatic rings. The van der Waals surface area contributed by atoms with Gasteiger partial charge in [0, 0.05) is 42.6 Å². The van der Waals surface area contributed by atoms with E-state index in [9.17, 15) is 14.7 Å². The van der Waals surface area contributed by atoms with Gasteiger partial charge in [-0.1, -0.05) is 18.2 Å². The standard InChI is InChI=1S/C22H23N5O3/c1-27(20(29)11-14-13-24-19-8-7-15(28)12-18(14)19)10-4-9-23-21-16-5-2-3-6-17(16)22(30)26-25-21/h2-3,5-8,12-13,24,28H,4,9-11H2,1H3,(H,23,25)(H,26,30). The maximum absolute atomic E-state index is 12.6. The number of phenolic OH excluding ortho intramolecular Hbond substituents is 1. The number of hydrogen-bond donors (Lipinski definition) is 4. The maximum Gasteiger partial charge on any atom is 0.272 e. The second-order valence-corrected chi connectivity index (χ2v) is 7.26. The molecule has 2 heterocycles. The van der Waals surface area contributed by atoms with Crippen molar-refractivity contribution < 1.29 is 9.90 Å². The first-order valence-electron chi connectivity index (χ1n) is 9.77. The van der Waals surface area contributed by atoms with Crippen molar-refractivity contribution in [2.45, 2.75) is 12.8 Å². The Hall–Kier alpha value is -3.81. The van der Waals surface area contributed by atoms with Gasteiger partial charge in [0.15, 0.2) is 5.82 Å². The highest BCUT2D eigenvalue weighted by Gasteiger charge is 2.13. The number of nitrogens with zero attached hydrogens (tertiary/aromatic N) is 2. The average molecular weight is 405 g/mol. The number of H-pyrrole nitrogens is 2. The van der Waals surface area contributed by atoms with Crippen LogP contribution >= 0.6 is 0 Å². The zero-order chi connectivity index (χ0) is 21.1. The molecule has 0 saturated carbocycles. The lowest BCUT2D eigenvalue weighted by Crippen LogP contribution is -2.30. The number of aromatic hydroxyl groups is 1. The molecule has 4 aromatic rings. The van der Waals surface area contributed by atoms with Crippen molar-refractivity contribution >= 4 is 33.4 Å². The van der Waals surface area contributed by atoms with E-state index in [0.29, 0.717) is 24.3 Å². The van der Waals surface area contributed by atoms with Crippen LogP contribution in [-0.4, -0.2) is 51.2 Å². The summed E-state index contributed by atoms with van der Waals surface area (Å²) in [7, 11) is 1.78. The van der Waals surface area contributed by atoms with Crippen LogP contribution in [0.2, 0.25) is 0 Å². The molecule has 154 valence electrons. The van der Waals surface area contributed by atoms with Crippen LogP contribution in [0.25, 0.3) is 21.7 Å². The number of hydrogen-bond acceptors (Lipinski definition) is 5. The van der Waals surface area contributed by atoms with E-state index in [0.717, 1.165) is 28.3 Å². The molecule has 0 bridgehead atoms. The highest BCUT2D eigenvalue weighted by Crippen LogP contribution is 2.23. The Morgan fingerprint density at radius 2 is 1.97 bits per heavy atom. The quantitative estimate of drug-likeness (QED) is 0.353. The van der Waals surface area contributed by atoms with Crippen molar-refractivity contribution in [1.82, 2.24) is 20.1 Å². The second-order valence-electron chi connectivity index (χ2n) is 7.26. The monoisotopic (exact) mass is 405 g/mol. The predicted octanol–water partition coefficient (Wildman–Crippen LogP) is 2.61. The Balaban J connectivity index is 1.32. The zero-order valence-electron chi connectivity index (χ0n) is 16.6. The van der Waals surface area contributed by atoms with Crippen molar-refractivity contribution in [3.8, 4) is 5.75 Å². The third kappa shape index (κ3) is 3.98. The summed E-state index contributed by atoms with van der Waals surface area (Å²) in [5, 5.41) is 21.7. The van der Waals surface area contributed by atoms with E-state index in [4.69, 9.17) is 0 Å². The van der Waals surface area contributed by atoms with Crippen molar-refractivity contribution in [2.24, 2.45) is 0 Å². The molecule has 0 radical (unpaired) electrons. The van der Waals surface area contributed by atoms with E-state index in [1.165, 1.54) is 0 Å². The third-order valence-electron chi connectivity index (χ3n) is 5.18. The van der Waals surface area contributed by atoms with Crippen LogP contribution < -0.4 is 10.9 Å². The van der Waals surface area contributed by atoms with Gasteiger partial charge in [0.05, 0.1) is 11.8 Å². The number of phenols is 1. The molecular weight excluding hydrogens is 382 g/mol. The number of amides is 1. The molecule has 2 aromatic heterocycles. The van der Waals surface area contributed by atoms with E-state index < -0.39 is 0 Å². The molecule has 0 saturated heterocycles. The number of fused-ring (bicyclic) bond motifs is 2. The summed E-state index contributed by atoms with van der Waals surface area (Å²) in [4.78, 5) is 29.3. The van der Waals surface area contributed by atoms with Crippen molar-refractivity contribution in [2.75, 3.05) is 25.5 Å². The number of likely N-dealkylation sites (N-methyl/N-ethyl adjacent to an activating group) is 1. The van der Waals surface area contributed by atoms with Gasteiger partial charge in [-0.15, -0.1) is 0 Å². The van der Waals surface area contributed by atoms with E-state index in [1.54, 1.807) is 36.2 Å². The van der Waals surface area contributed by atoms with Crippen molar-refractivity contribution in [1.29, 1.82) is 0 Å². The summed E-state index contributed by atoms with van der Waals surface area (Å²) in [6.45, 7) is 1.20. The Kier molecular flexibility index (Phi) is 5.38. The number of nitrogens with one attached hydrogen (secondary N) is 3. The van der Waals surface area contributed by atoms with Gasteiger partial charge in [-0.25, -0.2) is 5.10 Å². The Bertz CT molecular complexity index is 1260. The number of aromatic nitrogens is 3. The number of carbonyl (C=O) groups excluding carboxylic acids is 1. The SMILES string of the molecule is CN(CCCNc1n[nH]c(=O)c2ccccc12)C(=O)Cc1c[nH]c2ccc(O)cc12. The van der Waals surface area contributed by atoms with Crippen LogP contribution in [0.5, 0.6) is 5.75 Å². The van der Waals surface area contributed by atoms with Crippen LogP contribution in [-0.2, 0) is 11.2 Å². The minimum Gasteiger partial charge on any atom is -0.508 e. The molecule has 8 heteroatoms. The van der Waals surface area contributed by atoms with Gasteiger partial charge in [0.1, 0.15) is 5.75 Å². The summed E-state index contributed by atoms with van der Waals surface area (Å²) in [6, 6.07) is 12.4. The predicted molar refractivity (Wildman–Crippen MR) is 117 cm³/mol. The molecule has 0 fully saturated rings. The Morgan fingerprint density at radius 3 is 2.80 bits per heavy atom. The number of carbonyl (C=O) groups is 1. The second kappa shape index (κ2) is 8.28. The molecule has 4 N–H and O–H groups in total. The molecule has 0 atom stereocenters. The molecule has 1 amide bonds. The highest BCUT2D eigenvalue weighted by molar-refractivity contribution is 5.91. The lowest BCUT2D eigenvalue weighted by atomic mass is 10.1. The number of rotatable bonds is 7. The molecule has 2 aromatic carbocycles. The molecule has 30 heavy (non-hydrogen) atoms. The largest absolute Gasteiger partial charge is 0.508 e. The van der Waals surface area contributed by atoms with Crippen LogP contribution in [0, 0.1) is 0 Å². The van der Waals surface area contributed by atoms with Crippen molar-refractivity contribution in [3.63, 3.8) is 0 Å². The average Bonchev–Trinajstić information content (AvgIpc) is 3.14. The van der Waals surface area contributed by atoms with E-state index in [2.05, 4.69) is 20.5 Å². The molecular formula is C22H23N5O3. The molecule has 0 aliphatic heterocycles. The summed E-state index contributed by atoms with van der Waals surface area (Å²) < 4.78 is 0. The fraction of sp³-hybridized carbons (Fsp3) is 0.227. The minimum atomic E-state index is -0.216. The molecule has 4 rings (SSSR count). The smallest absolute Gasteiger partial charge is 0.272 e. The lowest BCUT2D eigenvalue weighted by Gasteiger charge is -2.17. The summed E-state index contributed by atoms with van der Waals surface area (Å²) in [5.41, 5.74) is 1.54. The Labute approximate surface area is 172 Å². The van der Waals surface area contributed by atoms with Gasteiger partial charge in [-0.2, -0.15) is 5.10 Å². The van der Waals surface area contributed by atoms with E-state index in [1.807, 2.05) is 24.4 Å². The molecule has 8 nitrogen and oxygen atoms in total. The van der Waals surface area contributed by atoms with E-state index in [-0.39, 0.29) is 23.6 Å². The topological polar surface area (TPSA) is 114 Å². The van der Waals surface area contributed by atoms with Gasteiger partial charge in [-0.05, 0) is 36.2 Å². The first-order valence-corrected chi connectivity index (χ1v) is 9.77. The van der Waals surface area contributed by atoms with Gasteiger partial charge in [0.2, 0.25) is 5.91 Å². The summed E-state index contributed by atoms with van der Waals surface area (Å²) in [6.07, 6.45) is 2.80. The van der Waals surface area contributed by atoms with Crippen LogP contribution in [0.3, 0.4) is 0 Å². The fourth-order valence-electron chi connectivity index (χ4n) is 3.51. The molecule has 0 aliphatic carbocycles. The lowest BCUT2D eigenvalue weighted by molar-refractivity contribution is -0.129. The van der Waals surface area contributed by atoms with Gasteiger partial charge < -0.3 is 20.3 Å². The van der Waals surface area contributed by atoms with Crippen LogP contribution in [0.1, 0.15) is 12.0 Å². The Morgan fingerprint density at radius 1 is 1.17 bits per heavy atom. The van der Waals surface area contributed by atoms with Gasteiger partial charge in [-0.3, -0.25) is 9.59 Å². The minimum absolute atomic E-state index is 0.00635.